The van der Waals surface area contributed by atoms with Gasteiger partial charge >= 0.3 is 39.5 Å². The Bertz CT molecular complexity index is 1680. The maximum atomic E-state index is 13.0. The van der Waals surface area contributed by atoms with E-state index in [1.54, 1.807) is 0 Å². The summed E-state index contributed by atoms with van der Waals surface area (Å²) in [4.78, 5) is 72.0. The van der Waals surface area contributed by atoms with Crippen molar-refractivity contribution in [1.29, 1.82) is 0 Å². The highest BCUT2D eigenvalue weighted by molar-refractivity contribution is 7.47. The molecule has 0 aromatic heterocycles. The number of aliphatic hydroxyl groups excluding tert-OH is 1. The Morgan fingerprint density at radius 3 is 0.894 bits per heavy atom. The highest BCUT2D eigenvalue weighted by atomic mass is 31.2. The van der Waals surface area contributed by atoms with Crippen LogP contribution < -0.4 is 0 Å². The topological polar surface area (TPSA) is 237 Å². The molecule has 0 saturated heterocycles. The van der Waals surface area contributed by atoms with Gasteiger partial charge in [0.15, 0.2) is 12.2 Å². The molecule has 3 N–H and O–H groups in total. The van der Waals surface area contributed by atoms with Gasteiger partial charge in [-0.1, -0.05) is 273 Å². The zero-order valence-electron chi connectivity index (χ0n) is 55.1. The molecule has 17 nitrogen and oxygen atoms in total. The summed E-state index contributed by atoms with van der Waals surface area (Å²) in [5, 5.41) is 10.5. The van der Waals surface area contributed by atoms with Gasteiger partial charge < -0.3 is 33.8 Å². The minimum Gasteiger partial charge on any atom is -0.462 e. The zero-order chi connectivity index (χ0) is 63.1. The van der Waals surface area contributed by atoms with E-state index in [4.69, 9.17) is 37.0 Å². The lowest BCUT2D eigenvalue weighted by atomic mass is 10.00. The molecular weight excluding hydrogens is 1130 g/mol. The summed E-state index contributed by atoms with van der Waals surface area (Å²) in [5.74, 6) is 0.121. The van der Waals surface area contributed by atoms with Gasteiger partial charge in [0.25, 0.3) is 0 Å². The number of hydrogen-bond acceptors (Lipinski definition) is 15. The first-order chi connectivity index (χ1) is 40.8. The molecule has 19 heteroatoms. The number of esters is 4. The standard InChI is InChI=1S/C66H128O17P2/c1-8-10-11-30-40-47-63(68)76-53-61(83-66(71)50-43-36-29-28-33-39-46-59(7)9-2)55-80-84(72,73)78-51-60(67)52-79-85(74,75)81-56-62(54-77-64(69)48-41-34-26-23-19-21-25-32-38-45-58(5)6)82-65(70)49-42-35-27-22-18-16-14-12-13-15-17-20-24-31-37-44-57(3)4/h57-62,67H,8-56H2,1-7H3,(H,72,73)(H,74,75)/t59?,60-,61+,62+/m0/s1. The molecule has 0 aromatic carbocycles. The van der Waals surface area contributed by atoms with Gasteiger partial charge in [-0.3, -0.25) is 37.3 Å². The summed E-state index contributed by atoms with van der Waals surface area (Å²) in [5.41, 5.74) is 0. The second kappa shape index (κ2) is 57.2. The average Bonchev–Trinajstić information content (AvgIpc) is 3.60. The van der Waals surface area contributed by atoms with E-state index in [0.29, 0.717) is 25.7 Å². The van der Waals surface area contributed by atoms with E-state index in [-0.39, 0.29) is 25.7 Å². The van der Waals surface area contributed by atoms with Gasteiger partial charge in [-0.15, -0.1) is 0 Å². The van der Waals surface area contributed by atoms with Gasteiger partial charge in [0, 0.05) is 25.7 Å². The first-order valence-electron chi connectivity index (χ1n) is 34.4. The van der Waals surface area contributed by atoms with Crippen LogP contribution in [0, 0.1) is 17.8 Å². The number of rotatable bonds is 64. The molecule has 0 aliphatic heterocycles. The van der Waals surface area contributed by atoms with Crippen LogP contribution in [-0.2, 0) is 65.4 Å². The maximum Gasteiger partial charge on any atom is 0.472 e. The first kappa shape index (κ1) is 83.1. The molecule has 0 saturated carbocycles. The Kier molecular flexibility index (Phi) is 55.9. The summed E-state index contributed by atoms with van der Waals surface area (Å²) in [7, 11) is -9.88. The van der Waals surface area contributed by atoms with Gasteiger partial charge in [0.2, 0.25) is 0 Å². The number of unbranched alkanes of at least 4 members (excludes halogenated alkanes) is 31. The Labute approximate surface area is 517 Å². The van der Waals surface area contributed by atoms with Crippen LogP contribution in [0.15, 0.2) is 0 Å². The predicted octanol–water partition coefficient (Wildman–Crippen LogP) is 18.3. The summed E-state index contributed by atoms with van der Waals surface area (Å²) < 4.78 is 67.9. The molecular formula is C66H128O17P2. The molecule has 3 unspecified atom stereocenters. The lowest BCUT2D eigenvalue weighted by Gasteiger charge is -2.21. The molecule has 0 radical (unpaired) electrons. The lowest BCUT2D eigenvalue weighted by Crippen LogP contribution is -2.30. The van der Waals surface area contributed by atoms with Crippen molar-refractivity contribution in [1.82, 2.24) is 0 Å². The third kappa shape index (κ3) is 59.5. The normalized spacial score (nSPS) is 14.6. The van der Waals surface area contributed by atoms with E-state index in [9.17, 15) is 43.2 Å². The molecule has 0 amide bonds. The van der Waals surface area contributed by atoms with Crippen molar-refractivity contribution in [2.75, 3.05) is 39.6 Å². The summed E-state index contributed by atoms with van der Waals surface area (Å²) in [6, 6.07) is 0. The van der Waals surface area contributed by atoms with Crippen LogP contribution >= 0.6 is 15.6 Å². The highest BCUT2D eigenvalue weighted by Crippen LogP contribution is 2.45. The molecule has 0 heterocycles. The van der Waals surface area contributed by atoms with Gasteiger partial charge in [0.05, 0.1) is 26.4 Å². The zero-order valence-corrected chi connectivity index (χ0v) is 56.9. The smallest absolute Gasteiger partial charge is 0.462 e. The summed E-state index contributed by atoms with van der Waals surface area (Å²) in [6.07, 6.45) is 39.4. The Morgan fingerprint density at radius 1 is 0.341 bits per heavy atom. The molecule has 0 fully saturated rings. The molecule has 0 rings (SSSR count). The lowest BCUT2D eigenvalue weighted by molar-refractivity contribution is -0.161. The largest absolute Gasteiger partial charge is 0.472 e. The van der Waals surface area contributed by atoms with E-state index >= 15 is 0 Å². The number of carbonyl (C=O) groups is 4. The molecule has 0 aromatic rings. The number of phosphoric ester groups is 2. The predicted molar refractivity (Wildman–Crippen MR) is 340 cm³/mol. The van der Waals surface area contributed by atoms with Crippen molar-refractivity contribution < 1.29 is 80.2 Å². The van der Waals surface area contributed by atoms with E-state index in [1.165, 1.54) is 128 Å². The second-order valence-electron chi connectivity index (χ2n) is 25.1. The fourth-order valence-electron chi connectivity index (χ4n) is 9.80. The van der Waals surface area contributed by atoms with Crippen LogP contribution in [0.5, 0.6) is 0 Å². The second-order valence-corrected chi connectivity index (χ2v) is 28.0. The van der Waals surface area contributed by atoms with Gasteiger partial charge in [-0.2, -0.15) is 0 Å². The van der Waals surface area contributed by atoms with Crippen LogP contribution in [0.2, 0.25) is 0 Å². The molecule has 0 aliphatic carbocycles. The fourth-order valence-corrected chi connectivity index (χ4v) is 11.4. The number of phosphoric acid groups is 2. The van der Waals surface area contributed by atoms with E-state index < -0.39 is 97.5 Å². The average molecular weight is 1260 g/mol. The fraction of sp³-hybridized carbons (Fsp3) is 0.939. The van der Waals surface area contributed by atoms with Gasteiger partial charge in [0.1, 0.15) is 19.3 Å². The van der Waals surface area contributed by atoms with E-state index in [1.807, 2.05) is 0 Å². The van der Waals surface area contributed by atoms with Crippen molar-refractivity contribution in [3.63, 3.8) is 0 Å². The number of aliphatic hydroxyl groups is 1. The number of hydrogen-bond donors (Lipinski definition) is 3. The molecule has 0 aliphatic rings. The van der Waals surface area contributed by atoms with Crippen LogP contribution in [-0.4, -0.2) is 96.7 Å². The Morgan fingerprint density at radius 2 is 0.600 bits per heavy atom. The first-order valence-corrected chi connectivity index (χ1v) is 37.4. The van der Waals surface area contributed by atoms with Crippen molar-refractivity contribution in [3.8, 4) is 0 Å². The third-order valence-electron chi connectivity index (χ3n) is 15.5. The number of ether oxygens (including phenoxy) is 4. The Balaban J connectivity index is 5.16. The molecule has 85 heavy (non-hydrogen) atoms. The minimum atomic E-state index is -4.95. The van der Waals surface area contributed by atoms with Crippen LogP contribution in [0.4, 0.5) is 0 Å². The molecule has 6 atom stereocenters. The minimum absolute atomic E-state index is 0.102. The Hall–Kier alpha value is -1.94. The van der Waals surface area contributed by atoms with Crippen molar-refractivity contribution >= 4 is 39.5 Å². The monoisotopic (exact) mass is 1250 g/mol. The molecule has 504 valence electrons. The van der Waals surface area contributed by atoms with Crippen LogP contribution in [0.3, 0.4) is 0 Å². The van der Waals surface area contributed by atoms with Crippen molar-refractivity contribution in [3.05, 3.63) is 0 Å². The van der Waals surface area contributed by atoms with E-state index in [0.717, 1.165) is 114 Å². The molecule has 0 bridgehead atoms. The van der Waals surface area contributed by atoms with E-state index in [2.05, 4.69) is 48.5 Å². The van der Waals surface area contributed by atoms with Crippen LogP contribution in [0.25, 0.3) is 0 Å². The highest BCUT2D eigenvalue weighted by Gasteiger charge is 2.30. The van der Waals surface area contributed by atoms with Gasteiger partial charge in [-0.25, -0.2) is 9.13 Å². The van der Waals surface area contributed by atoms with Crippen molar-refractivity contribution in [2.24, 2.45) is 17.8 Å². The summed E-state index contributed by atoms with van der Waals surface area (Å²) >= 11 is 0. The van der Waals surface area contributed by atoms with Gasteiger partial charge in [-0.05, 0) is 43.4 Å². The molecule has 0 spiro atoms. The third-order valence-corrected chi connectivity index (χ3v) is 17.4. The maximum absolute atomic E-state index is 13.0. The summed E-state index contributed by atoms with van der Waals surface area (Å²) in [6.45, 7) is 11.7. The van der Waals surface area contributed by atoms with Crippen molar-refractivity contribution in [2.45, 2.75) is 343 Å². The number of carbonyl (C=O) groups excluding carboxylic acids is 4. The quantitative estimate of drug-likeness (QED) is 0.0222. The van der Waals surface area contributed by atoms with Crippen LogP contribution in [0.1, 0.15) is 325 Å². The SMILES string of the molecule is CCCCCCCC(=O)OC[C@H](COP(=O)(O)OC[C@H](O)COP(=O)(O)OC[C@@H](COC(=O)CCCCCCCCCCCC(C)C)OC(=O)CCCCCCCCCCCCCCCCCC(C)C)OC(=O)CCCCCCCCC(C)CC.